The van der Waals surface area contributed by atoms with Crippen LogP contribution in [0.4, 0.5) is 5.69 Å². The number of alkyl halides is 1. The molecule has 2 heterocycles. The topological polar surface area (TPSA) is 103 Å². The molecule has 1 aliphatic heterocycles. The molecule has 1 amide bonds. The summed E-state index contributed by atoms with van der Waals surface area (Å²) in [6, 6.07) is 13.6. The minimum absolute atomic E-state index is 0.0416. The third kappa shape index (κ3) is 5.14. The largest absolute Gasteiger partial charge is 0.456 e. The van der Waals surface area contributed by atoms with Crippen molar-refractivity contribution in [3.8, 4) is 0 Å². The van der Waals surface area contributed by atoms with Crippen molar-refractivity contribution in [2.24, 2.45) is 0 Å². The number of fused-ring (bicyclic) bond motifs is 1. The maximum absolute atomic E-state index is 12.9. The Hall–Kier alpha value is -2.41. The smallest absolute Gasteiger partial charge is 0.355 e. The van der Waals surface area contributed by atoms with Gasteiger partial charge in [0.1, 0.15) is 22.5 Å². The summed E-state index contributed by atoms with van der Waals surface area (Å²) in [6.45, 7) is 3.44. The molecule has 12 heteroatoms. The maximum atomic E-state index is 12.9. The van der Waals surface area contributed by atoms with Crippen molar-refractivity contribution in [3.63, 3.8) is 0 Å². The van der Waals surface area contributed by atoms with Crippen LogP contribution in [0.15, 0.2) is 64.1 Å². The van der Waals surface area contributed by atoms with Gasteiger partial charge in [-0.1, -0.05) is 38.9 Å². The van der Waals surface area contributed by atoms with Crippen molar-refractivity contribution in [1.29, 1.82) is 0 Å². The number of likely N-dealkylation sites (tertiary alicyclic amines) is 1. The Kier molecular flexibility index (Phi) is 7.60. The molecule has 2 atom stereocenters. The van der Waals surface area contributed by atoms with Crippen molar-refractivity contribution >= 4 is 76.6 Å². The third-order valence-corrected chi connectivity index (χ3v) is 10.1. The highest BCUT2D eigenvalue weighted by Crippen LogP contribution is 2.47. The molecule has 4 rings (SSSR count). The number of thiazole rings is 1. The van der Waals surface area contributed by atoms with Gasteiger partial charge in [0.05, 0.1) is 15.1 Å². The molecule has 34 heavy (non-hydrogen) atoms. The Labute approximate surface area is 215 Å². The summed E-state index contributed by atoms with van der Waals surface area (Å²) in [5.41, 5.74) is 2.34. The van der Waals surface area contributed by atoms with Crippen molar-refractivity contribution < 1.29 is 19.2 Å². The van der Waals surface area contributed by atoms with E-state index in [1.54, 1.807) is 25.2 Å². The molecule has 0 N–H and O–H groups in total. The second-order valence-electron chi connectivity index (χ2n) is 7.48. The zero-order valence-corrected chi connectivity index (χ0v) is 22.0. The van der Waals surface area contributed by atoms with Crippen LogP contribution < -0.4 is 0 Å². The molecule has 2 unspecified atom stereocenters. The number of halogens is 1. The molecule has 2 aromatic carbocycles. The average Bonchev–Trinajstić information content (AvgIpc) is 3.24. The van der Waals surface area contributed by atoms with E-state index < -0.39 is 15.7 Å². The Morgan fingerprint density at radius 2 is 1.94 bits per heavy atom. The van der Waals surface area contributed by atoms with E-state index >= 15 is 0 Å². The molecule has 0 saturated carbocycles. The molecule has 176 valence electrons. The SMILES string of the molecule is CC(C)=C(C(=O)OCc1ccc([N+](=O)[O-])cc1)N1C(=O)C(Br)C1SSc1nc2ccccc2s1. The summed E-state index contributed by atoms with van der Waals surface area (Å²) in [6.07, 6.45) is 0. The Balaban J connectivity index is 1.43. The Bertz CT molecular complexity index is 1260. The van der Waals surface area contributed by atoms with Gasteiger partial charge in [0.2, 0.25) is 5.91 Å². The molecule has 8 nitrogen and oxygen atoms in total. The summed E-state index contributed by atoms with van der Waals surface area (Å²) in [7, 11) is 2.92. The highest BCUT2D eigenvalue weighted by molar-refractivity contribution is 9.10. The minimum atomic E-state index is -0.623. The quantitative estimate of drug-likeness (QED) is 0.0616. The van der Waals surface area contributed by atoms with Crippen molar-refractivity contribution in [2.75, 3.05) is 0 Å². The van der Waals surface area contributed by atoms with Gasteiger partial charge >= 0.3 is 5.97 Å². The number of hydrogen-bond donors (Lipinski definition) is 0. The van der Waals surface area contributed by atoms with Gasteiger partial charge in [-0.15, -0.1) is 11.3 Å². The number of nitro benzene ring substituents is 1. The number of hydrogen-bond acceptors (Lipinski definition) is 9. The van der Waals surface area contributed by atoms with E-state index in [4.69, 9.17) is 4.74 Å². The number of β-lactam (4-membered cyclic amide) rings is 1. The molecule has 1 aliphatic rings. The lowest BCUT2D eigenvalue weighted by molar-refractivity contribution is -0.384. The lowest BCUT2D eigenvalue weighted by Crippen LogP contribution is -2.60. The number of amides is 1. The summed E-state index contributed by atoms with van der Waals surface area (Å²) in [5.74, 6) is -0.840. The van der Waals surface area contributed by atoms with E-state index in [0.29, 0.717) is 11.1 Å². The number of nitro groups is 1. The maximum Gasteiger partial charge on any atom is 0.355 e. The second-order valence-corrected chi connectivity index (χ2v) is 12.1. The Morgan fingerprint density at radius 3 is 2.59 bits per heavy atom. The lowest BCUT2D eigenvalue weighted by Gasteiger charge is -2.44. The number of aromatic nitrogens is 1. The zero-order chi connectivity index (χ0) is 24.4. The van der Waals surface area contributed by atoms with Crippen LogP contribution in [-0.4, -0.2) is 36.9 Å². The highest BCUT2D eigenvalue weighted by atomic mass is 79.9. The first-order chi connectivity index (χ1) is 16.3. The van der Waals surface area contributed by atoms with Crippen LogP contribution in [-0.2, 0) is 20.9 Å². The molecular formula is C22H18BrN3O5S3. The van der Waals surface area contributed by atoms with Gasteiger partial charge in [-0.25, -0.2) is 9.78 Å². The number of benzene rings is 2. The van der Waals surface area contributed by atoms with Gasteiger partial charge in [0, 0.05) is 12.1 Å². The Morgan fingerprint density at radius 1 is 1.24 bits per heavy atom. The van der Waals surface area contributed by atoms with E-state index in [-0.39, 0.29) is 29.3 Å². The van der Waals surface area contributed by atoms with E-state index in [0.717, 1.165) is 14.6 Å². The predicted molar refractivity (Wildman–Crippen MR) is 138 cm³/mol. The number of para-hydroxylation sites is 1. The van der Waals surface area contributed by atoms with Gasteiger partial charge in [-0.3, -0.25) is 19.8 Å². The van der Waals surface area contributed by atoms with Crippen LogP contribution >= 0.6 is 48.9 Å². The number of nitrogens with zero attached hydrogens (tertiary/aromatic N) is 3. The molecule has 0 bridgehead atoms. The fourth-order valence-corrected chi connectivity index (χ4v) is 8.25. The summed E-state index contributed by atoms with van der Waals surface area (Å²) in [4.78, 5) is 41.6. The summed E-state index contributed by atoms with van der Waals surface area (Å²) >= 11 is 5.00. The fraction of sp³-hybridized carbons (Fsp3) is 0.227. The molecule has 1 fully saturated rings. The third-order valence-electron chi connectivity index (χ3n) is 4.90. The molecule has 1 aromatic heterocycles. The first kappa shape index (κ1) is 24.7. The fourth-order valence-electron chi connectivity index (χ4n) is 3.21. The van der Waals surface area contributed by atoms with Crippen LogP contribution in [0.1, 0.15) is 19.4 Å². The molecule has 3 aromatic rings. The lowest BCUT2D eigenvalue weighted by atomic mass is 10.1. The van der Waals surface area contributed by atoms with E-state index in [2.05, 4.69) is 20.9 Å². The van der Waals surface area contributed by atoms with E-state index in [1.807, 2.05) is 24.3 Å². The van der Waals surface area contributed by atoms with Gasteiger partial charge in [-0.05, 0) is 60.0 Å². The van der Waals surface area contributed by atoms with Crippen molar-refractivity contribution in [3.05, 3.63) is 75.5 Å². The number of ether oxygens (including phenoxy) is 1. The standard InChI is InChI=1S/C22H18BrN3O5S3/c1-12(2)18(21(28)31-11-13-7-9-14(10-8-13)26(29)30)25-19(27)17(23)20(25)33-34-22-24-15-5-3-4-6-16(15)32-22/h3-10,17,20H,11H2,1-2H3. The highest BCUT2D eigenvalue weighted by Gasteiger charge is 2.50. The number of allylic oxidation sites excluding steroid dienone is 1. The molecule has 0 aliphatic carbocycles. The second kappa shape index (κ2) is 10.5. The van der Waals surface area contributed by atoms with Crippen molar-refractivity contribution in [2.45, 2.75) is 35.0 Å². The van der Waals surface area contributed by atoms with Crippen LogP contribution in [0.2, 0.25) is 0 Å². The van der Waals surface area contributed by atoms with Crippen LogP contribution in [0, 0.1) is 10.1 Å². The molecular weight excluding hydrogens is 562 g/mol. The van der Waals surface area contributed by atoms with Crippen LogP contribution in [0.25, 0.3) is 10.2 Å². The molecule has 0 radical (unpaired) electrons. The number of rotatable bonds is 8. The molecule has 1 saturated heterocycles. The first-order valence-corrected chi connectivity index (χ1v) is 13.9. The number of esters is 1. The van der Waals surface area contributed by atoms with Gasteiger partial charge in [-0.2, -0.15) is 0 Å². The predicted octanol–water partition coefficient (Wildman–Crippen LogP) is 5.91. The first-order valence-electron chi connectivity index (χ1n) is 10.00. The number of non-ortho nitro benzene ring substituents is 1. The zero-order valence-electron chi connectivity index (χ0n) is 18.0. The van der Waals surface area contributed by atoms with Gasteiger partial charge < -0.3 is 4.74 Å². The van der Waals surface area contributed by atoms with E-state index in [1.165, 1.54) is 50.8 Å². The van der Waals surface area contributed by atoms with Gasteiger partial charge in [0.25, 0.3) is 5.69 Å². The van der Waals surface area contributed by atoms with Gasteiger partial charge in [0.15, 0.2) is 4.34 Å². The van der Waals surface area contributed by atoms with Crippen LogP contribution in [0.3, 0.4) is 0 Å². The van der Waals surface area contributed by atoms with Crippen LogP contribution in [0.5, 0.6) is 0 Å². The monoisotopic (exact) mass is 579 g/mol. The average molecular weight is 581 g/mol. The van der Waals surface area contributed by atoms with E-state index in [9.17, 15) is 19.7 Å². The molecule has 0 spiro atoms. The number of carbonyl (C=O) groups is 2. The number of carbonyl (C=O) groups excluding carboxylic acids is 2. The summed E-state index contributed by atoms with van der Waals surface area (Å²) < 4.78 is 7.39. The van der Waals surface area contributed by atoms with Crippen molar-refractivity contribution in [1.82, 2.24) is 9.88 Å². The minimum Gasteiger partial charge on any atom is -0.456 e. The normalized spacial score (nSPS) is 17.4. The summed E-state index contributed by atoms with van der Waals surface area (Å²) in [5, 5.41) is 10.5.